The molecule has 1 atom stereocenters. The Morgan fingerprint density at radius 2 is 2.08 bits per heavy atom. The van der Waals surface area contributed by atoms with Crippen LogP contribution in [0.5, 0.6) is 0 Å². The van der Waals surface area contributed by atoms with Gasteiger partial charge in [-0.05, 0) is 12.5 Å². The van der Waals surface area contributed by atoms with E-state index in [4.69, 9.17) is 22.8 Å². The molecule has 0 aromatic carbocycles. The van der Waals surface area contributed by atoms with Crippen molar-refractivity contribution in [2.75, 3.05) is 13.2 Å². The van der Waals surface area contributed by atoms with Gasteiger partial charge in [-0.15, -0.1) is 18.0 Å². The van der Waals surface area contributed by atoms with Gasteiger partial charge in [-0.3, -0.25) is 0 Å². The lowest BCUT2D eigenvalue weighted by Crippen LogP contribution is -2.24. The summed E-state index contributed by atoms with van der Waals surface area (Å²) < 4.78 is 5.16. The Morgan fingerprint density at radius 3 is 2.54 bits per heavy atom. The number of terminal acetylenes is 1. The van der Waals surface area contributed by atoms with Crippen molar-refractivity contribution in [2.24, 2.45) is 0 Å². The summed E-state index contributed by atoms with van der Waals surface area (Å²) in [5.74, 6) is 2.43. The number of hydrogen-bond donors (Lipinski definition) is 0. The van der Waals surface area contributed by atoms with E-state index in [0.29, 0.717) is 13.2 Å². The molecular formula is C10H19ClOSi. The van der Waals surface area contributed by atoms with E-state index < -0.39 is 8.07 Å². The molecule has 0 aromatic rings. The molecule has 0 saturated carbocycles. The van der Waals surface area contributed by atoms with Crippen molar-refractivity contribution in [3.05, 3.63) is 0 Å². The highest BCUT2D eigenvalue weighted by molar-refractivity contribution is 6.76. The van der Waals surface area contributed by atoms with Gasteiger partial charge in [0.15, 0.2) is 0 Å². The summed E-state index contributed by atoms with van der Waals surface area (Å²) >= 11 is 6.15. The van der Waals surface area contributed by atoms with Crippen LogP contribution in [-0.2, 0) is 4.74 Å². The zero-order valence-corrected chi connectivity index (χ0v) is 10.5. The van der Waals surface area contributed by atoms with Crippen LogP contribution in [0.4, 0.5) is 0 Å². The molecule has 0 radical (unpaired) electrons. The molecule has 0 aliphatic heterocycles. The van der Waals surface area contributed by atoms with Gasteiger partial charge in [-0.2, -0.15) is 0 Å². The zero-order valence-electron chi connectivity index (χ0n) is 8.77. The number of hydrogen-bond acceptors (Lipinski definition) is 1. The first-order valence-electron chi connectivity index (χ1n) is 4.61. The molecule has 0 aromatic heterocycles. The third-order valence-corrected chi connectivity index (χ3v) is 3.94. The van der Waals surface area contributed by atoms with Gasteiger partial charge in [0, 0.05) is 20.1 Å². The van der Waals surface area contributed by atoms with Crippen LogP contribution in [0, 0.1) is 12.3 Å². The fraction of sp³-hybridized carbons (Fsp3) is 0.800. The van der Waals surface area contributed by atoms with Crippen molar-refractivity contribution in [1.82, 2.24) is 0 Å². The van der Waals surface area contributed by atoms with E-state index >= 15 is 0 Å². The molecule has 0 bridgehead atoms. The molecule has 0 amide bonds. The second-order valence-electron chi connectivity index (χ2n) is 4.41. The maximum absolute atomic E-state index is 6.15. The summed E-state index contributed by atoms with van der Waals surface area (Å²) in [6, 6.07) is 1.15. The molecule has 0 rings (SSSR count). The lowest BCUT2D eigenvalue weighted by molar-refractivity contribution is 0.164. The van der Waals surface area contributed by atoms with Crippen molar-refractivity contribution < 1.29 is 4.74 Å². The molecule has 1 nitrogen and oxygen atoms in total. The maximum atomic E-state index is 6.15. The highest BCUT2D eigenvalue weighted by atomic mass is 35.5. The van der Waals surface area contributed by atoms with E-state index in [2.05, 4.69) is 25.6 Å². The van der Waals surface area contributed by atoms with Crippen molar-refractivity contribution in [3.8, 4) is 12.3 Å². The molecule has 0 N–H and O–H groups in total. The summed E-state index contributed by atoms with van der Waals surface area (Å²) in [6.07, 6.45) is 5.96. The SMILES string of the molecule is C#CCOCCC(Cl)C[Si](C)(C)C. The quantitative estimate of drug-likeness (QED) is 0.288. The minimum atomic E-state index is -1.02. The standard InChI is InChI=1S/C10H19ClOSi/c1-5-7-12-8-6-10(11)9-13(2,3)4/h1,10H,6-9H2,2-4H3. The van der Waals surface area contributed by atoms with Crippen LogP contribution in [0.2, 0.25) is 25.7 Å². The Kier molecular flexibility index (Phi) is 6.49. The fourth-order valence-corrected chi connectivity index (χ4v) is 4.12. The smallest absolute Gasteiger partial charge is 0.107 e. The van der Waals surface area contributed by atoms with Crippen molar-refractivity contribution in [3.63, 3.8) is 0 Å². The second kappa shape index (κ2) is 6.48. The summed E-state index contributed by atoms with van der Waals surface area (Å²) in [5.41, 5.74) is 0. The summed E-state index contributed by atoms with van der Waals surface area (Å²) in [5, 5.41) is 0.254. The van der Waals surface area contributed by atoms with E-state index in [-0.39, 0.29) is 5.38 Å². The Hall–Kier alpha value is 0.0269. The first-order chi connectivity index (χ1) is 5.95. The Balaban J connectivity index is 3.42. The van der Waals surface area contributed by atoms with E-state index in [9.17, 15) is 0 Å². The zero-order chi connectivity index (χ0) is 10.3. The van der Waals surface area contributed by atoms with Crippen molar-refractivity contribution in [1.29, 1.82) is 0 Å². The van der Waals surface area contributed by atoms with Crippen LogP contribution >= 0.6 is 11.6 Å². The van der Waals surface area contributed by atoms with Gasteiger partial charge < -0.3 is 4.74 Å². The van der Waals surface area contributed by atoms with Gasteiger partial charge in [0.25, 0.3) is 0 Å². The summed E-state index contributed by atoms with van der Waals surface area (Å²) in [4.78, 5) is 0. The predicted molar refractivity (Wildman–Crippen MR) is 62.1 cm³/mol. The fourth-order valence-electron chi connectivity index (χ4n) is 1.11. The number of rotatable bonds is 6. The Morgan fingerprint density at radius 1 is 1.46 bits per heavy atom. The summed E-state index contributed by atoms with van der Waals surface area (Å²) in [6.45, 7) is 8.05. The lowest BCUT2D eigenvalue weighted by atomic mass is 10.3. The average Bonchev–Trinajstić information content (AvgIpc) is 1.94. The van der Waals surface area contributed by atoms with Gasteiger partial charge in [0.2, 0.25) is 0 Å². The van der Waals surface area contributed by atoms with E-state index in [1.807, 2.05) is 0 Å². The number of ether oxygens (including phenoxy) is 1. The molecule has 0 aliphatic rings. The van der Waals surface area contributed by atoms with Gasteiger partial charge in [0.1, 0.15) is 6.61 Å². The van der Waals surface area contributed by atoms with Crippen LogP contribution in [-0.4, -0.2) is 26.7 Å². The molecular weight excluding hydrogens is 200 g/mol. The first-order valence-corrected chi connectivity index (χ1v) is 8.75. The first kappa shape index (κ1) is 13.0. The largest absolute Gasteiger partial charge is 0.369 e. The molecule has 1 unspecified atom stereocenters. The average molecular weight is 219 g/mol. The molecule has 0 aliphatic carbocycles. The van der Waals surface area contributed by atoms with Crippen LogP contribution in [0.25, 0.3) is 0 Å². The molecule has 0 saturated heterocycles. The topological polar surface area (TPSA) is 9.23 Å². The van der Waals surface area contributed by atoms with E-state index in [0.717, 1.165) is 12.5 Å². The van der Waals surface area contributed by atoms with Gasteiger partial charge >= 0.3 is 0 Å². The molecule has 3 heteroatoms. The second-order valence-corrected chi connectivity index (χ2v) is 10.6. The minimum Gasteiger partial charge on any atom is -0.369 e. The van der Waals surface area contributed by atoms with Crippen molar-refractivity contribution >= 4 is 19.7 Å². The van der Waals surface area contributed by atoms with Crippen LogP contribution in [0.15, 0.2) is 0 Å². The normalized spacial score (nSPS) is 13.8. The minimum absolute atomic E-state index is 0.254. The van der Waals surface area contributed by atoms with Crippen LogP contribution < -0.4 is 0 Å². The highest BCUT2D eigenvalue weighted by Crippen LogP contribution is 2.18. The summed E-state index contributed by atoms with van der Waals surface area (Å²) in [7, 11) is -1.02. The number of alkyl halides is 1. The van der Waals surface area contributed by atoms with Gasteiger partial charge in [-0.25, -0.2) is 0 Å². The molecule has 0 heterocycles. The number of halogens is 1. The maximum Gasteiger partial charge on any atom is 0.107 e. The van der Waals surface area contributed by atoms with Crippen LogP contribution in [0.3, 0.4) is 0 Å². The third-order valence-electron chi connectivity index (χ3n) is 1.59. The Bertz CT molecular complexity index is 169. The molecule has 0 fully saturated rings. The lowest BCUT2D eigenvalue weighted by Gasteiger charge is -2.19. The predicted octanol–water partition coefficient (Wildman–Crippen LogP) is 2.97. The monoisotopic (exact) mass is 218 g/mol. The Labute approximate surface area is 87.8 Å². The third kappa shape index (κ3) is 9.94. The molecule has 0 spiro atoms. The highest BCUT2D eigenvalue weighted by Gasteiger charge is 2.18. The van der Waals surface area contributed by atoms with Crippen LogP contribution in [0.1, 0.15) is 6.42 Å². The van der Waals surface area contributed by atoms with Gasteiger partial charge in [0.05, 0.1) is 0 Å². The van der Waals surface area contributed by atoms with E-state index in [1.54, 1.807) is 0 Å². The molecule has 13 heavy (non-hydrogen) atoms. The van der Waals surface area contributed by atoms with E-state index in [1.165, 1.54) is 0 Å². The molecule has 76 valence electrons. The van der Waals surface area contributed by atoms with Crippen molar-refractivity contribution in [2.45, 2.75) is 37.5 Å². The van der Waals surface area contributed by atoms with Gasteiger partial charge in [-0.1, -0.05) is 25.6 Å².